The lowest BCUT2D eigenvalue weighted by molar-refractivity contribution is 0.276. The first-order chi connectivity index (χ1) is 20.2. The molecule has 9 heteroatoms. The lowest BCUT2D eigenvalue weighted by Crippen LogP contribution is -2.40. The molecule has 3 aromatic carbocycles. The minimum absolute atomic E-state index is 0.265. The quantitative estimate of drug-likeness (QED) is 0.269. The molecule has 0 saturated heterocycles. The lowest BCUT2D eigenvalue weighted by atomic mass is 10.0. The van der Waals surface area contributed by atoms with Crippen LogP contribution in [0.3, 0.4) is 0 Å². The molecule has 0 aliphatic carbocycles. The largest absolute Gasteiger partial charge is 0.473 e. The minimum atomic E-state index is -3.70. The Kier molecular flexibility index (Phi) is 5.50. The molecule has 41 heavy (non-hydrogen) atoms. The van der Waals surface area contributed by atoms with E-state index < -0.39 is 7.37 Å². The number of ether oxygens (including phenoxy) is 2. The van der Waals surface area contributed by atoms with Crippen LogP contribution in [0.5, 0.6) is 17.2 Å². The van der Waals surface area contributed by atoms with Crippen molar-refractivity contribution in [2.45, 2.75) is 13.1 Å². The fraction of sp³-hybridized carbons (Fsp3) is 0.125. The summed E-state index contributed by atoms with van der Waals surface area (Å²) in [5.74, 6) is 2.67. The molecular weight excluding hydrogens is 535 g/mol. The van der Waals surface area contributed by atoms with Gasteiger partial charge in [-0.05, 0) is 48.0 Å². The maximum Gasteiger partial charge on any atom is 0.311 e. The van der Waals surface area contributed by atoms with E-state index in [9.17, 15) is 0 Å². The number of benzene rings is 3. The smallest absolute Gasteiger partial charge is 0.311 e. The van der Waals surface area contributed by atoms with Gasteiger partial charge in [-0.2, -0.15) is 0 Å². The number of anilines is 2. The van der Waals surface area contributed by atoms with Gasteiger partial charge in [-0.3, -0.25) is 9.55 Å². The van der Waals surface area contributed by atoms with Gasteiger partial charge in [-0.1, -0.05) is 42.5 Å². The van der Waals surface area contributed by atoms with E-state index in [1.165, 1.54) is 0 Å². The zero-order valence-corrected chi connectivity index (χ0v) is 22.9. The molecule has 0 saturated carbocycles. The van der Waals surface area contributed by atoms with Gasteiger partial charge in [0.1, 0.15) is 28.4 Å². The van der Waals surface area contributed by atoms with Gasteiger partial charge < -0.3 is 23.8 Å². The summed E-state index contributed by atoms with van der Waals surface area (Å²) in [7, 11) is -3.70. The number of nitrogens with zero attached hydrogens (tertiary/aromatic N) is 4. The third kappa shape index (κ3) is 3.86. The summed E-state index contributed by atoms with van der Waals surface area (Å²) in [6.07, 6.45) is 5.31. The highest BCUT2D eigenvalue weighted by molar-refractivity contribution is 7.75. The Morgan fingerprint density at radius 2 is 1.59 bits per heavy atom. The summed E-state index contributed by atoms with van der Waals surface area (Å²) in [5, 5.41) is 1.21. The van der Waals surface area contributed by atoms with Crippen LogP contribution in [0.4, 0.5) is 11.5 Å². The summed E-state index contributed by atoms with van der Waals surface area (Å²) >= 11 is 0. The van der Waals surface area contributed by atoms with E-state index in [1.807, 2.05) is 89.8 Å². The van der Waals surface area contributed by atoms with E-state index in [0.717, 1.165) is 33.8 Å². The molecule has 8 rings (SSSR count). The Morgan fingerprint density at radius 3 is 2.44 bits per heavy atom. The number of para-hydroxylation sites is 1. The van der Waals surface area contributed by atoms with E-state index in [1.54, 1.807) is 18.6 Å². The van der Waals surface area contributed by atoms with Crippen molar-refractivity contribution in [3.63, 3.8) is 0 Å². The number of aromatic nitrogens is 2. The third-order valence-corrected chi connectivity index (χ3v) is 10.3. The second kappa shape index (κ2) is 9.39. The molecule has 8 nitrogen and oxygen atoms in total. The van der Waals surface area contributed by atoms with Gasteiger partial charge in [-0.25, -0.2) is 4.98 Å². The molecule has 0 N–H and O–H groups in total. The highest BCUT2D eigenvalue weighted by atomic mass is 31.2. The Bertz CT molecular complexity index is 1830. The molecule has 5 aromatic rings. The average Bonchev–Trinajstić information content (AvgIpc) is 3.04. The molecule has 0 spiro atoms. The van der Waals surface area contributed by atoms with Crippen molar-refractivity contribution < 1.29 is 18.6 Å². The number of pyridine rings is 2. The molecule has 2 aromatic heterocycles. The molecule has 3 aliphatic rings. The van der Waals surface area contributed by atoms with E-state index in [4.69, 9.17) is 14.0 Å². The third-order valence-electron chi connectivity index (χ3n) is 7.75. The van der Waals surface area contributed by atoms with Crippen molar-refractivity contribution in [3.8, 4) is 28.4 Å². The van der Waals surface area contributed by atoms with Gasteiger partial charge in [0.05, 0.1) is 30.3 Å². The van der Waals surface area contributed by atoms with Gasteiger partial charge in [0.25, 0.3) is 0 Å². The SMILES string of the molecule is O=P1(c2c3c(cc4c2OCN(c2ccccn2)C4)OCN(c2cccnc2)C3)Oc2ccccc2-c2ccccc21. The predicted octanol–water partition coefficient (Wildman–Crippen LogP) is 5.48. The van der Waals surface area contributed by atoms with Crippen LogP contribution in [0, 0.1) is 0 Å². The van der Waals surface area contributed by atoms with Crippen molar-refractivity contribution in [3.05, 3.63) is 115 Å². The maximum atomic E-state index is 15.5. The Labute approximate surface area is 237 Å². The average molecular weight is 561 g/mol. The van der Waals surface area contributed by atoms with Crippen molar-refractivity contribution >= 4 is 29.5 Å². The summed E-state index contributed by atoms with van der Waals surface area (Å²) in [5.41, 5.74) is 4.40. The highest BCUT2D eigenvalue weighted by Gasteiger charge is 2.45. The molecule has 0 bridgehead atoms. The number of hydrogen-bond donors (Lipinski definition) is 0. The lowest BCUT2D eigenvalue weighted by Gasteiger charge is -2.38. The fourth-order valence-electron chi connectivity index (χ4n) is 5.84. The Hall–Kier alpha value is -4.81. The summed E-state index contributed by atoms with van der Waals surface area (Å²) < 4.78 is 35.0. The standard InChI is InChI=1S/C32H25N4O4P/c37-41(29-12-4-2-10-25(29)24-9-1-3-11-27(24)40-41)32-26-19-35(23-8-7-14-33-17-23)20-38-28(26)16-22-18-36(21-39-31(22)32)30-13-5-6-15-34-30/h1-17H,18-21H2. The number of rotatable bonds is 3. The normalized spacial score (nSPS) is 18.5. The van der Waals surface area contributed by atoms with Crippen LogP contribution in [0.25, 0.3) is 11.1 Å². The number of fused-ring (bicyclic) bond motifs is 5. The summed E-state index contributed by atoms with van der Waals surface area (Å²) in [6, 6.07) is 27.2. The van der Waals surface area contributed by atoms with Crippen molar-refractivity contribution in [1.82, 2.24) is 9.97 Å². The minimum Gasteiger partial charge on any atom is -0.473 e. The fourth-order valence-corrected chi connectivity index (χ4v) is 8.51. The van der Waals surface area contributed by atoms with Gasteiger partial charge in [0.2, 0.25) is 0 Å². The number of hydrogen-bond acceptors (Lipinski definition) is 8. The van der Waals surface area contributed by atoms with Crippen LogP contribution in [-0.2, 0) is 17.7 Å². The molecule has 0 radical (unpaired) electrons. The molecule has 202 valence electrons. The van der Waals surface area contributed by atoms with E-state index in [-0.39, 0.29) is 6.73 Å². The Balaban J connectivity index is 1.33. The molecule has 5 heterocycles. The predicted molar refractivity (Wildman–Crippen MR) is 158 cm³/mol. The molecule has 0 amide bonds. The first kappa shape index (κ1) is 24.0. The zero-order chi connectivity index (χ0) is 27.4. The molecule has 1 unspecified atom stereocenters. The molecular formula is C32H25N4O4P. The molecule has 0 fully saturated rings. The van der Waals surface area contributed by atoms with Crippen LogP contribution < -0.4 is 34.4 Å². The van der Waals surface area contributed by atoms with Crippen LogP contribution in [0.1, 0.15) is 11.1 Å². The van der Waals surface area contributed by atoms with E-state index in [0.29, 0.717) is 47.7 Å². The second-order valence-electron chi connectivity index (χ2n) is 10.2. The highest BCUT2D eigenvalue weighted by Crippen LogP contribution is 2.57. The van der Waals surface area contributed by atoms with Crippen molar-refractivity contribution in [1.29, 1.82) is 0 Å². The first-order valence-corrected chi connectivity index (χ1v) is 15.1. The van der Waals surface area contributed by atoms with Gasteiger partial charge in [-0.15, -0.1) is 0 Å². The van der Waals surface area contributed by atoms with Crippen molar-refractivity contribution in [2.75, 3.05) is 23.3 Å². The van der Waals surface area contributed by atoms with Crippen molar-refractivity contribution in [2.24, 2.45) is 0 Å². The summed E-state index contributed by atoms with van der Waals surface area (Å²) in [4.78, 5) is 12.9. The topological polar surface area (TPSA) is 77.0 Å². The first-order valence-electron chi connectivity index (χ1n) is 13.4. The molecule has 3 aliphatic heterocycles. The van der Waals surface area contributed by atoms with E-state index in [2.05, 4.69) is 14.9 Å². The maximum absolute atomic E-state index is 15.5. The van der Waals surface area contributed by atoms with Crippen LogP contribution >= 0.6 is 7.37 Å². The van der Waals surface area contributed by atoms with Crippen LogP contribution in [-0.4, -0.2) is 23.4 Å². The zero-order valence-electron chi connectivity index (χ0n) is 22.0. The summed E-state index contributed by atoms with van der Waals surface area (Å²) in [6.45, 7) is 1.60. The van der Waals surface area contributed by atoms with Crippen LogP contribution in [0.15, 0.2) is 104 Å². The monoisotopic (exact) mass is 560 g/mol. The van der Waals surface area contributed by atoms with Gasteiger partial charge in [0, 0.05) is 29.1 Å². The molecule has 1 atom stereocenters. The van der Waals surface area contributed by atoms with Crippen LogP contribution in [0.2, 0.25) is 0 Å². The van der Waals surface area contributed by atoms with Gasteiger partial charge in [0.15, 0.2) is 13.5 Å². The second-order valence-corrected chi connectivity index (χ2v) is 12.4. The van der Waals surface area contributed by atoms with Gasteiger partial charge >= 0.3 is 7.37 Å². The Morgan fingerprint density at radius 1 is 0.756 bits per heavy atom. The van der Waals surface area contributed by atoms with E-state index >= 15 is 4.57 Å².